The summed E-state index contributed by atoms with van der Waals surface area (Å²) in [5, 5.41) is 9.81. The Morgan fingerprint density at radius 3 is 3.00 bits per heavy atom. The van der Waals surface area contributed by atoms with Crippen LogP contribution in [0, 0.1) is 6.92 Å². The number of benzene rings is 1. The van der Waals surface area contributed by atoms with Crippen LogP contribution in [0.2, 0.25) is 0 Å². The molecule has 0 amide bonds. The molecule has 1 aromatic carbocycles. The van der Waals surface area contributed by atoms with Crippen molar-refractivity contribution in [1.29, 1.82) is 0 Å². The molecule has 0 saturated heterocycles. The molecule has 0 spiro atoms. The van der Waals surface area contributed by atoms with E-state index in [2.05, 4.69) is 40.0 Å². The molecule has 0 unspecified atom stereocenters. The topological polar surface area (TPSA) is 69.2 Å². The molecule has 5 heteroatoms. The fourth-order valence-electron chi connectivity index (χ4n) is 3.21. The van der Waals surface area contributed by atoms with Crippen molar-refractivity contribution < 1.29 is 5.11 Å². The van der Waals surface area contributed by atoms with E-state index in [4.69, 9.17) is 0 Å². The monoisotopic (exact) mass is 327 g/mol. The van der Waals surface area contributed by atoms with Gasteiger partial charge in [-0.2, -0.15) is 0 Å². The Kier molecular flexibility index (Phi) is 5.11. The van der Waals surface area contributed by atoms with Crippen LogP contribution in [0.1, 0.15) is 41.6 Å². The third-order valence-corrected chi connectivity index (χ3v) is 4.59. The van der Waals surface area contributed by atoms with E-state index in [9.17, 15) is 9.90 Å². The van der Waals surface area contributed by atoms with Gasteiger partial charge in [-0.3, -0.25) is 9.69 Å². The van der Waals surface area contributed by atoms with Gasteiger partial charge in [-0.05, 0) is 18.9 Å². The number of aromatic nitrogens is 2. The molecule has 1 atom stereocenters. The third-order valence-electron chi connectivity index (χ3n) is 4.59. The second kappa shape index (κ2) is 7.28. The Morgan fingerprint density at radius 2 is 2.25 bits per heavy atom. The van der Waals surface area contributed by atoms with Gasteiger partial charge >= 0.3 is 0 Å². The molecule has 2 heterocycles. The van der Waals surface area contributed by atoms with Crippen LogP contribution in [-0.2, 0) is 19.4 Å². The van der Waals surface area contributed by atoms with Crippen molar-refractivity contribution in [2.75, 3.05) is 13.1 Å². The van der Waals surface area contributed by atoms with Crippen LogP contribution in [0.25, 0.3) is 0 Å². The van der Waals surface area contributed by atoms with E-state index in [0.29, 0.717) is 19.5 Å². The number of hydrogen-bond donors (Lipinski definition) is 2. The first-order valence-electron chi connectivity index (χ1n) is 8.62. The molecule has 0 aliphatic carbocycles. The molecule has 128 valence electrons. The first-order valence-corrected chi connectivity index (χ1v) is 8.62. The summed E-state index contributed by atoms with van der Waals surface area (Å²) in [4.78, 5) is 22.2. The summed E-state index contributed by atoms with van der Waals surface area (Å²) in [6.07, 6.45) is 1.80. The number of aryl methyl sites for hydroxylation is 1. The van der Waals surface area contributed by atoms with Crippen molar-refractivity contribution in [3.63, 3.8) is 0 Å². The lowest BCUT2D eigenvalue weighted by Gasteiger charge is -2.29. The number of aliphatic hydroxyl groups excluding tert-OH is 1. The lowest BCUT2D eigenvalue weighted by atomic mass is 10.0. The number of nitrogens with zero attached hydrogens (tertiary/aromatic N) is 2. The van der Waals surface area contributed by atoms with Gasteiger partial charge < -0.3 is 10.1 Å². The van der Waals surface area contributed by atoms with E-state index in [1.807, 2.05) is 13.0 Å². The van der Waals surface area contributed by atoms with Gasteiger partial charge in [0.2, 0.25) is 0 Å². The first-order chi connectivity index (χ1) is 11.5. The maximum absolute atomic E-state index is 12.5. The molecule has 1 aliphatic heterocycles. The normalized spacial score (nSPS) is 16.0. The van der Waals surface area contributed by atoms with Gasteiger partial charge in [0.1, 0.15) is 5.82 Å². The second-order valence-corrected chi connectivity index (χ2v) is 6.65. The van der Waals surface area contributed by atoms with E-state index in [1.165, 1.54) is 5.56 Å². The number of fused-ring (bicyclic) bond motifs is 1. The quantitative estimate of drug-likeness (QED) is 0.878. The molecule has 0 radical (unpaired) electrons. The van der Waals surface area contributed by atoms with Crippen LogP contribution < -0.4 is 5.56 Å². The second-order valence-electron chi connectivity index (χ2n) is 6.65. The lowest BCUT2D eigenvalue weighted by Crippen LogP contribution is -2.40. The van der Waals surface area contributed by atoms with E-state index < -0.39 is 0 Å². The average Bonchev–Trinajstić information content (AvgIpc) is 2.55. The summed E-state index contributed by atoms with van der Waals surface area (Å²) in [6.45, 7) is 6.05. The Labute approximate surface area is 142 Å². The van der Waals surface area contributed by atoms with Gasteiger partial charge in [0.15, 0.2) is 0 Å². The Balaban J connectivity index is 1.78. The Hall–Kier alpha value is -1.98. The fraction of sp³-hybridized carbons (Fsp3) is 0.474. The number of nitrogens with one attached hydrogen (secondary N) is 1. The molecule has 2 N–H and O–H groups in total. The van der Waals surface area contributed by atoms with Crippen molar-refractivity contribution >= 4 is 0 Å². The van der Waals surface area contributed by atoms with E-state index in [1.54, 1.807) is 0 Å². The van der Waals surface area contributed by atoms with Crippen LogP contribution >= 0.6 is 0 Å². The van der Waals surface area contributed by atoms with Gasteiger partial charge in [-0.15, -0.1) is 0 Å². The van der Waals surface area contributed by atoms with Gasteiger partial charge in [0.25, 0.3) is 5.56 Å². The zero-order valence-corrected chi connectivity index (χ0v) is 14.4. The highest BCUT2D eigenvalue weighted by atomic mass is 16.3. The number of H-pyrrole nitrogens is 1. The van der Waals surface area contributed by atoms with Crippen LogP contribution in [0.15, 0.2) is 29.1 Å². The molecule has 1 aromatic heterocycles. The van der Waals surface area contributed by atoms with E-state index in [-0.39, 0.29) is 11.7 Å². The highest BCUT2D eigenvalue weighted by Gasteiger charge is 2.22. The molecule has 0 fully saturated rings. The fourth-order valence-corrected chi connectivity index (χ4v) is 3.21. The van der Waals surface area contributed by atoms with Gasteiger partial charge in [-0.1, -0.05) is 36.8 Å². The summed E-state index contributed by atoms with van der Waals surface area (Å²) in [5.74, 6) is 0.728. The predicted molar refractivity (Wildman–Crippen MR) is 94.1 cm³/mol. The van der Waals surface area contributed by atoms with Crippen LogP contribution in [-0.4, -0.2) is 39.2 Å². The van der Waals surface area contributed by atoms with E-state index >= 15 is 0 Å². The summed E-state index contributed by atoms with van der Waals surface area (Å²) in [5.41, 5.74) is 3.97. The maximum Gasteiger partial charge on any atom is 0.255 e. The Morgan fingerprint density at radius 1 is 1.42 bits per heavy atom. The van der Waals surface area contributed by atoms with Gasteiger partial charge in [-0.25, -0.2) is 4.98 Å². The number of β-amino-alcohol motifs (C(OH)–C–C–N with tert-alkyl or cyclic N) is 1. The molecular weight excluding hydrogens is 302 g/mol. The van der Waals surface area contributed by atoms with Crippen LogP contribution in [0.5, 0.6) is 0 Å². The minimum atomic E-state index is -0.334. The molecule has 0 saturated carbocycles. The minimum Gasteiger partial charge on any atom is -0.392 e. The van der Waals surface area contributed by atoms with Crippen LogP contribution in [0.3, 0.4) is 0 Å². The number of aliphatic hydroxyl groups is 1. The van der Waals surface area contributed by atoms with Crippen molar-refractivity contribution in [2.45, 2.75) is 45.8 Å². The number of hydrogen-bond acceptors (Lipinski definition) is 4. The number of aromatic amines is 1. The van der Waals surface area contributed by atoms with Crippen molar-refractivity contribution in [2.24, 2.45) is 0 Å². The average molecular weight is 327 g/mol. The highest BCUT2D eigenvalue weighted by Crippen LogP contribution is 2.15. The SMILES string of the molecule is CC[C@@H](O)CN1CCc2nc(Cc3cccc(C)c3)[nH]c(=O)c2C1. The summed E-state index contributed by atoms with van der Waals surface area (Å²) < 4.78 is 0. The zero-order valence-electron chi connectivity index (χ0n) is 14.4. The zero-order chi connectivity index (χ0) is 17.1. The minimum absolute atomic E-state index is 0.0432. The molecule has 0 bridgehead atoms. The smallest absolute Gasteiger partial charge is 0.255 e. The summed E-state index contributed by atoms with van der Waals surface area (Å²) >= 11 is 0. The van der Waals surface area contributed by atoms with Gasteiger partial charge in [0, 0.05) is 32.5 Å². The Bertz CT molecular complexity index is 769. The van der Waals surface area contributed by atoms with Crippen molar-refractivity contribution in [1.82, 2.24) is 14.9 Å². The lowest BCUT2D eigenvalue weighted by molar-refractivity contribution is 0.102. The largest absolute Gasteiger partial charge is 0.392 e. The molecule has 1 aliphatic rings. The van der Waals surface area contributed by atoms with Gasteiger partial charge in [0.05, 0.1) is 17.4 Å². The molecule has 2 aromatic rings. The molecule has 24 heavy (non-hydrogen) atoms. The highest BCUT2D eigenvalue weighted by molar-refractivity contribution is 5.27. The summed E-state index contributed by atoms with van der Waals surface area (Å²) in [7, 11) is 0. The standard InChI is InChI=1S/C19H25N3O2/c1-3-15(23)11-22-8-7-17-16(12-22)19(24)21-18(20-17)10-14-6-4-5-13(2)9-14/h4-6,9,15,23H,3,7-8,10-12H2,1-2H3,(H,20,21,24)/t15-/m1/s1. The molecular formula is C19H25N3O2. The summed E-state index contributed by atoms with van der Waals surface area (Å²) in [6, 6.07) is 8.26. The predicted octanol–water partition coefficient (Wildman–Crippen LogP) is 1.80. The van der Waals surface area contributed by atoms with Crippen LogP contribution in [0.4, 0.5) is 0 Å². The third kappa shape index (κ3) is 3.91. The van der Waals surface area contributed by atoms with E-state index in [0.717, 1.165) is 42.0 Å². The maximum atomic E-state index is 12.5. The van der Waals surface area contributed by atoms with Crippen molar-refractivity contribution in [3.8, 4) is 0 Å². The number of rotatable bonds is 5. The molecule has 3 rings (SSSR count). The first kappa shape index (κ1) is 16.9. The molecule has 5 nitrogen and oxygen atoms in total. The van der Waals surface area contributed by atoms with Crippen molar-refractivity contribution in [3.05, 3.63) is 62.8 Å².